The molecule has 1 aromatic carbocycles. The van der Waals surface area contributed by atoms with E-state index < -0.39 is 32.8 Å². The van der Waals surface area contributed by atoms with Gasteiger partial charge in [-0.1, -0.05) is 25.0 Å². The third-order valence-corrected chi connectivity index (χ3v) is 8.99. The molecule has 2 radical (unpaired) electrons. The van der Waals surface area contributed by atoms with Crippen LogP contribution in [0, 0.1) is 11.3 Å². The van der Waals surface area contributed by atoms with Crippen LogP contribution in [0.3, 0.4) is 0 Å². The molecule has 12 heteroatoms. The van der Waals surface area contributed by atoms with E-state index in [1.54, 1.807) is 24.3 Å². The summed E-state index contributed by atoms with van der Waals surface area (Å²) in [5.41, 5.74) is 0.941. The van der Waals surface area contributed by atoms with Gasteiger partial charge in [-0.3, -0.25) is 14.5 Å². The number of imide groups is 1. The van der Waals surface area contributed by atoms with Crippen molar-refractivity contribution in [3.8, 4) is 6.07 Å². The summed E-state index contributed by atoms with van der Waals surface area (Å²) < 4.78 is 26.4. The second kappa shape index (κ2) is 15.9. The molecule has 1 N–H and O–H groups in total. The number of hydrogen-bond acceptors (Lipinski definition) is 9. The molecule has 2 aliphatic heterocycles. The Labute approximate surface area is 240 Å². The van der Waals surface area contributed by atoms with Gasteiger partial charge in [-0.05, 0) is 52.7 Å². The molecular weight excluding hydrogens is 532 g/mol. The number of hydrogen-bond donors (Lipinski definition) is 1. The Bertz CT molecular complexity index is 981. The zero-order valence-electron chi connectivity index (χ0n) is 23.9. The number of nitriles is 1. The fourth-order valence-corrected chi connectivity index (χ4v) is 6.77. The van der Waals surface area contributed by atoms with Crippen LogP contribution < -0.4 is 0 Å². The van der Waals surface area contributed by atoms with E-state index >= 15 is 0 Å². The van der Waals surface area contributed by atoms with Gasteiger partial charge in [0, 0.05) is 31.2 Å². The van der Waals surface area contributed by atoms with Crippen molar-refractivity contribution < 1.29 is 33.2 Å². The fourth-order valence-electron chi connectivity index (χ4n) is 5.01. The van der Waals surface area contributed by atoms with Gasteiger partial charge in [0.05, 0.1) is 36.8 Å². The Morgan fingerprint density at radius 2 is 1.68 bits per heavy atom. The van der Waals surface area contributed by atoms with Crippen LogP contribution in [0.4, 0.5) is 0 Å². The van der Waals surface area contributed by atoms with E-state index in [4.69, 9.17) is 31.6 Å². The number of aliphatic hydroxyl groups excluding tert-OH is 1. The van der Waals surface area contributed by atoms with Gasteiger partial charge in [-0.2, -0.15) is 5.26 Å². The summed E-state index contributed by atoms with van der Waals surface area (Å²) in [5, 5.41) is 18.9. The highest BCUT2D eigenvalue weighted by atomic mass is 31.2. The lowest BCUT2D eigenvalue weighted by Gasteiger charge is -2.38. The SMILES string of the molecule is [B][C@@H]1O[C@H](CO)C(OP(OCCC#N)N(C(C)C)C(C)C)[C@@H]1OCCCCCCN1C(=O)c2ccccc2C1=O. The first-order valence-corrected chi connectivity index (χ1v) is 15.2. The molecule has 1 aromatic rings. The number of aliphatic hydroxyl groups is 1. The van der Waals surface area contributed by atoms with Crippen molar-refractivity contribution in [3.05, 3.63) is 35.4 Å². The monoisotopic (exact) mass is 573 g/mol. The van der Waals surface area contributed by atoms with Crippen LogP contribution in [0.15, 0.2) is 24.3 Å². The van der Waals surface area contributed by atoms with Crippen molar-refractivity contribution >= 4 is 28.2 Å². The van der Waals surface area contributed by atoms with Crippen LogP contribution in [-0.2, 0) is 18.5 Å². The molecule has 2 heterocycles. The Morgan fingerprint density at radius 3 is 2.25 bits per heavy atom. The number of nitrogens with zero attached hydrogens (tertiary/aromatic N) is 3. The average molecular weight is 573 g/mol. The first-order valence-electron chi connectivity index (χ1n) is 14.0. The first kappa shape index (κ1) is 32.6. The largest absolute Gasteiger partial charge is 0.394 e. The number of carbonyl (C=O) groups excluding carboxylic acids is 2. The maximum atomic E-state index is 12.5. The predicted octanol–water partition coefficient (Wildman–Crippen LogP) is 3.78. The molecule has 2 amide bonds. The molecule has 1 fully saturated rings. The molecule has 0 bridgehead atoms. The minimum atomic E-state index is -1.56. The van der Waals surface area contributed by atoms with E-state index in [9.17, 15) is 14.7 Å². The van der Waals surface area contributed by atoms with Crippen molar-refractivity contribution in [1.29, 1.82) is 5.26 Å². The van der Waals surface area contributed by atoms with E-state index in [1.807, 2.05) is 0 Å². The van der Waals surface area contributed by atoms with Crippen molar-refractivity contribution in [2.24, 2.45) is 0 Å². The standard InChI is InChI=1S/C28H41BN3O7P/c1-19(2)32(20(3)4)40(37-17-11-14-30)39-24-23(18-33)38-26(29)25(24)36-16-10-6-5-9-15-31-27(34)21-12-7-8-13-22(21)28(31)35/h7-8,12-13,19-20,23-26,33H,5-6,9-11,15-18H2,1-4H3/t23-,24?,25+,26-,40?/m1/s1. The molecule has 40 heavy (non-hydrogen) atoms. The summed E-state index contributed by atoms with van der Waals surface area (Å²) in [4.78, 5) is 26.3. The second-order valence-electron chi connectivity index (χ2n) is 10.5. The predicted molar refractivity (Wildman–Crippen MR) is 152 cm³/mol. The zero-order chi connectivity index (χ0) is 29.2. The Balaban J connectivity index is 1.49. The Morgan fingerprint density at radius 1 is 1.05 bits per heavy atom. The lowest BCUT2D eigenvalue weighted by Crippen LogP contribution is -2.41. The molecule has 0 aromatic heterocycles. The topological polar surface area (TPSA) is 122 Å². The highest BCUT2D eigenvalue weighted by molar-refractivity contribution is 7.44. The van der Waals surface area contributed by atoms with Gasteiger partial charge in [-0.25, -0.2) is 4.67 Å². The van der Waals surface area contributed by atoms with E-state index in [0.717, 1.165) is 19.3 Å². The molecule has 1 saturated heterocycles. The fraction of sp³-hybridized carbons (Fsp3) is 0.679. The number of amides is 2. The smallest absolute Gasteiger partial charge is 0.261 e. The average Bonchev–Trinajstić information content (AvgIpc) is 3.35. The van der Waals surface area contributed by atoms with Crippen molar-refractivity contribution in [2.75, 3.05) is 26.4 Å². The molecule has 0 aliphatic carbocycles. The zero-order valence-corrected chi connectivity index (χ0v) is 24.8. The van der Waals surface area contributed by atoms with Gasteiger partial charge in [0.1, 0.15) is 26.2 Å². The molecule has 218 valence electrons. The van der Waals surface area contributed by atoms with Crippen LogP contribution in [0.5, 0.6) is 0 Å². The molecule has 10 nitrogen and oxygen atoms in total. The Kier molecular flexibility index (Phi) is 13.0. The maximum Gasteiger partial charge on any atom is 0.261 e. The first-order chi connectivity index (χ1) is 19.2. The van der Waals surface area contributed by atoms with Gasteiger partial charge in [0.15, 0.2) is 0 Å². The molecule has 2 aliphatic rings. The van der Waals surface area contributed by atoms with Crippen molar-refractivity contribution in [2.45, 2.75) is 96.2 Å². The third-order valence-electron chi connectivity index (χ3n) is 6.86. The highest BCUT2D eigenvalue weighted by Gasteiger charge is 2.46. The van der Waals surface area contributed by atoms with Gasteiger partial charge in [0.2, 0.25) is 0 Å². The third kappa shape index (κ3) is 8.10. The van der Waals surface area contributed by atoms with Crippen LogP contribution in [0.25, 0.3) is 0 Å². The minimum absolute atomic E-state index is 0.122. The van der Waals surface area contributed by atoms with Crippen molar-refractivity contribution in [1.82, 2.24) is 9.57 Å². The van der Waals surface area contributed by atoms with Crippen LogP contribution >= 0.6 is 8.53 Å². The van der Waals surface area contributed by atoms with E-state index in [-0.39, 0.29) is 43.5 Å². The van der Waals surface area contributed by atoms with Crippen LogP contribution in [0.2, 0.25) is 0 Å². The summed E-state index contributed by atoms with van der Waals surface area (Å²) in [5.74, 6) is -0.456. The molecule has 3 rings (SSSR count). The molecule has 2 unspecified atom stereocenters. The van der Waals surface area contributed by atoms with Gasteiger partial charge < -0.3 is 23.6 Å². The number of unbranched alkanes of at least 4 members (excludes halogenated alkanes) is 3. The van der Waals surface area contributed by atoms with Crippen molar-refractivity contribution in [3.63, 3.8) is 0 Å². The summed E-state index contributed by atoms with van der Waals surface area (Å²) in [7, 11) is 4.66. The lowest BCUT2D eigenvalue weighted by molar-refractivity contribution is -0.0237. The highest BCUT2D eigenvalue weighted by Crippen LogP contribution is 2.49. The number of ether oxygens (including phenoxy) is 2. The van der Waals surface area contributed by atoms with Gasteiger partial charge in [-0.15, -0.1) is 0 Å². The molecule has 0 spiro atoms. The number of rotatable bonds is 17. The molecular formula is C28H41BN3O7P. The van der Waals surface area contributed by atoms with E-state index in [0.29, 0.717) is 30.7 Å². The summed E-state index contributed by atoms with van der Waals surface area (Å²) in [6.45, 7) is 8.96. The second-order valence-corrected chi connectivity index (χ2v) is 11.9. The van der Waals surface area contributed by atoms with Crippen LogP contribution in [0.1, 0.15) is 80.5 Å². The van der Waals surface area contributed by atoms with Gasteiger partial charge in [0.25, 0.3) is 20.3 Å². The summed E-state index contributed by atoms with van der Waals surface area (Å²) in [6.07, 6.45) is 1.48. The lowest BCUT2D eigenvalue weighted by atomic mass is 9.93. The summed E-state index contributed by atoms with van der Waals surface area (Å²) >= 11 is 0. The number of carbonyl (C=O) groups is 2. The Hall–Kier alpha value is -1.90. The van der Waals surface area contributed by atoms with Crippen LogP contribution in [-0.4, -0.2) is 97.1 Å². The molecule has 5 atom stereocenters. The number of fused-ring (bicyclic) bond motifs is 1. The van der Waals surface area contributed by atoms with Gasteiger partial charge >= 0.3 is 0 Å². The maximum absolute atomic E-state index is 12.5. The van der Waals surface area contributed by atoms with E-state index in [1.165, 1.54) is 4.90 Å². The normalized spacial score (nSPS) is 23.4. The van der Waals surface area contributed by atoms with E-state index in [2.05, 4.69) is 38.4 Å². The minimum Gasteiger partial charge on any atom is -0.394 e. The quantitative estimate of drug-likeness (QED) is 0.128. The molecule has 0 saturated carbocycles. The number of benzene rings is 1. The summed E-state index contributed by atoms with van der Waals surface area (Å²) in [6, 6.07) is 8.47.